The van der Waals surface area contributed by atoms with Crippen molar-refractivity contribution in [2.24, 2.45) is 0 Å². The number of H-pyrrole nitrogens is 1. The van der Waals surface area contributed by atoms with E-state index < -0.39 is 0 Å². The number of rotatable bonds is 1. The van der Waals surface area contributed by atoms with Crippen molar-refractivity contribution in [3.8, 4) is 5.69 Å². The first kappa shape index (κ1) is 12.8. The molecular weight excluding hydrogens is 344 g/mol. The van der Waals surface area contributed by atoms with E-state index in [2.05, 4.69) is 20.9 Å². The number of hydrogen-bond acceptors (Lipinski definition) is 3. The third-order valence-electron chi connectivity index (χ3n) is 2.93. The highest BCUT2D eigenvalue weighted by Gasteiger charge is 2.11. The van der Waals surface area contributed by atoms with Gasteiger partial charge in [-0.05, 0) is 58.1 Å². The van der Waals surface area contributed by atoms with Crippen LogP contribution in [-0.2, 0) is 0 Å². The Kier molecular flexibility index (Phi) is 3.16. The van der Waals surface area contributed by atoms with Gasteiger partial charge in [-0.25, -0.2) is 0 Å². The molecule has 3 rings (SSSR count). The van der Waals surface area contributed by atoms with E-state index in [0.29, 0.717) is 10.2 Å². The molecule has 0 aliphatic carbocycles. The van der Waals surface area contributed by atoms with Gasteiger partial charge in [0.25, 0.3) is 5.56 Å². The number of aromatic nitrogens is 2. The summed E-state index contributed by atoms with van der Waals surface area (Å²) in [5.41, 5.74) is 1.73. The van der Waals surface area contributed by atoms with Gasteiger partial charge in [-0.3, -0.25) is 9.36 Å². The zero-order valence-electron chi connectivity index (χ0n) is 9.94. The SMILES string of the molecule is Cc1cccc(-n2c(=S)[nH]c3sccc3c2=O)c1Br. The molecule has 1 N–H and O–H groups in total. The summed E-state index contributed by atoms with van der Waals surface area (Å²) in [6.07, 6.45) is 0. The van der Waals surface area contributed by atoms with Crippen molar-refractivity contribution in [1.29, 1.82) is 0 Å². The molecule has 0 unspecified atom stereocenters. The average molecular weight is 353 g/mol. The number of fused-ring (bicyclic) bond motifs is 1. The van der Waals surface area contributed by atoms with Gasteiger partial charge in [0.15, 0.2) is 4.77 Å². The molecule has 1 aromatic carbocycles. The second kappa shape index (κ2) is 4.70. The zero-order valence-corrected chi connectivity index (χ0v) is 13.2. The quantitative estimate of drug-likeness (QED) is 0.667. The third kappa shape index (κ3) is 2.00. The van der Waals surface area contributed by atoms with Gasteiger partial charge in [-0.1, -0.05) is 12.1 Å². The van der Waals surface area contributed by atoms with Gasteiger partial charge in [0.2, 0.25) is 0 Å². The van der Waals surface area contributed by atoms with E-state index in [1.807, 2.05) is 36.6 Å². The number of hydrogen-bond donors (Lipinski definition) is 1. The van der Waals surface area contributed by atoms with Gasteiger partial charge >= 0.3 is 0 Å². The number of halogens is 1. The van der Waals surface area contributed by atoms with Crippen LogP contribution in [-0.4, -0.2) is 9.55 Å². The molecule has 6 heteroatoms. The normalized spacial score (nSPS) is 11.1. The van der Waals surface area contributed by atoms with Crippen molar-refractivity contribution in [1.82, 2.24) is 9.55 Å². The van der Waals surface area contributed by atoms with Gasteiger partial charge in [0.1, 0.15) is 4.83 Å². The highest BCUT2D eigenvalue weighted by Crippen LogP contribution is 2.24. The summed E-state index contributed by atoms with van der Waals surface area (Å²) >= 11 is 10.3. The lowest BCUT2D eigenvalue weighted by Gasteiger charge is -2.10. The van der Waals surface area contributed by atoms with E-state index >= 15 is 0 Å². The Bertz CT molecular complexity index is 892. The molecule has 2 heterocycles. The maximum atomic E-state index is 12.5. The van der Waals surface area contributed by atoms with Crippen molar-refractivity contribution in [3.63, 3.8) is 0 Å². The van der Waals surface area contributed by atoms with Gasteiger partial charge < -0.3 is 4.98 Å². The fourth-order valence-corrected chi connectivity index (χ4v) is 3.53. The highest BCUT2D eigenvalue weighted by atomic mass is 79.9. The number of thiophene rings is 1. The van der Waals surface area contributed by atoms with Gasteiger partial charge in [0, 0.05) is 4.47 Å². The van der Waals surface area contributed by atoms with Crippen LogP contribution in [0.5, 0.6) is 0 Å². The summed E-state index contributed by atoms with van der Waals surface area (Å²) in [5, 5.41) is 2.54. The molecule has 0 saturated carbocycles. The molecule has 19 heavy (non-hydrogen) atoms. The molecule has 0 saturated heterocycles. The molecule has 3 aromatic rings. The Morgan fingerprint density at radius 2 is 2.16 bits per heavy atom. The lowest BCUT2D eigenvalue weighted by Crippen LogP contribution is -2.20. The average Bonchev–Trinajstić information content (AvgIpc) is 2.82. The molecule has 0 radical (unpaired) electrons. The van der Waals surface area contributed by atoms with Crippen LogP contribution in [0.25, 0.3) is 15.9 Å². The van der Waals surface area contributed by atoms with Crippen LogP contribution in [0.3, 0.4) is 0 Å². The van der Waals surface area contributed by atoms with E-state index in [0.717, 1.165) is 20.6 Å². The molecular formula is C13H9BrN2OS2. The maximum Gasteiger partial charge on any atom is 0.267 e. The van der Waals surface area contributed by atoms with Crippen LogP contribution in [0.1, 0.15) is 5.56 Å². The number of benzene rings is 1. The minimum atomic E-state index is -0.0914. The van der Waals surface area contributed by atoms with Crippen LogP contribution in [0.4, 0.5) is 0 Å². The fraction of sp³-hybridized carbons (Fsp3) is 0.0769. The van der Waals surface area contributed by atoms with E-state index in [1.165, 1.54) is 15.9 Å². The topological polar surface area (TPSA) is 37.8 Å². The summed E-state index contributed by atoms with van der Waals surface area (Å²) in [6.45, 7) is 1.98. The van der Waals surface area contributed by atoms with E-state index in [9.17, 15) is 4.79 Å². The monoisotopic (exact) mass is 352 g/mol. The van der Waals surface area contributed by atoms with Crippen molar-refractivity contribution >= 4 is 49.7 Å². The largest absolute Gasteiger partial charge is 0.323 e. The summed E-state index contributed by atoms with van der Waals surface area (Å²) < 4.78 is 2.82. The van der Waals surface area contributed by atoms with Crippen molar-refractivity contribution in [2.75, 3.05) is 0 Å². The van der Waals surface area contributed by atoms with Gasteiger partial charge in [-0.15, -0.1) is 11.3 Å². The lowest BCUT2D eigenvalue weighted by molar-refractivity contribution is 0.936. The van der Waals surface area contributed by atoms with Crippen LogP contribution in [0, 0.1) is 11.7 Å². The maximum absolute atomic E-state index is 12.5. The minimum absolute atomic E-state index is 0.0914. The van der Waals surface area contributed by atoms with Crippen LogP contribution >= 0.6 is 39.5 Å². The Hall–Kier alpha value is -1.24. The predicted octanol–water partition coefficient (Wildman–Crippen LogP) is 4.18. The first-order chi connectivity index (χ1) is 9.09. The van der Waals surface area contributed by atoms with Crippen molar-refractivity contribution < 1.29 is 0 Å². The van der Waals surface area contributed by atoms with Crippen molar-refractivity contribution in [3.05, 3.63) is 54.8 Å². The summed E-state index contributed by atoms with van der Waals surface area (Å²) in [4.78, 5) is 16.5. The number of nitrogens with one attached hydrogen (secondary N) is 1. The molecule has 3 nitrogen and oxygen atoms in total. The Balaban J connectivity index is 2.46. The molecule has 0 atom stereocenters. The highest BCUT2D eigenvalue weighted by molar-refractivity contribution is 9.10. The number of aromatic amines is 1. The minimum Gasteiger partial charge on any atom is -0.323 e. The molecule has 2 aromatic heterocycles. The van der Waals surface area contributed by atoms with E-state index in [4.69, 9.17) is 12.2 Å². The summed E-state index contributed by atoms with van der Waals surface area (Å²) in [5.74, 6) is 0. The first-order valence-electron chi connectivity index (χ1n) is 5.57. The number of aryl methyl sites for hydroxylation is 1. The predicted molar refractivity (Wildman–Crippen MR) is 85.0 cm³/mol. The second-order valence-corrected chi connectivity index (χ2v) is 6.24. The lowest BCUT2D eigenvalue weighted by atomic mass is 10.2. The second-order valence-electron chi connectivity index (χ2n) is 4.14. The van der Waals surface area contributed by atoms with Crippen LogP contribution in [0.15, 0.2) is 38.9 Å². The standard InChI is InChI=1S/C13H9BrN2OS2/c1-7-3-2-4-9(10(7)14)16-12(17)8-5-6-19-11(8)15-13(16)18/h2-6H,1H3,(H,15,18). The Morgan fingerprint density at radius 1 is 1.37 bits per heavy atom. The zero-order chi connectivity index (χ0) is 13.6. The number of nitrogens with zero attached hydrogens (tertiary/aromatic N) is 1. The molecule has 0 aliphatic rings. The first-order valence-corrected chi connectivity index (χ1v) is 7.65. The van der Waals surface area contributed by atoms with Crippen LogP contribution < -0.4 is 5.56 Å². The molecule has 0 bridgehead atoms. The van der Waals surface area contributed by atoms with Gasteiger partial charge in [-0.2, -0.15) is 0 Å². The fourth-order valence-electron chi connectivity index (χ4n) is 1.96. The smallest absolute Gasteiger partial charge is 0.267 e. The molecule has 0 fully saturated rings. The Morgan fingerprint density at radius 3 is 2.95 bits per heavy atom. The molecule has 0 spiro atoms. The van der Waals surface area contributed by atoms with Gasteiger partial charge in [0.05, 0.1) is 11.1 Å². The molecule has 96 valence electrons. The summed E-state index contributed by atoms with van der Waals surface area (Å²) in [7, 11) is 0. The molecule has 0 amide bonds. The van der Waals surface area contributed by atoms with Crippen molar-refractivity contribution in [2.45, 2.75) is 6.92 Å². The summed E-state index contributed by atoms with van der Waals surface area (Å²) in [6, 6.07) is 7.58. The van der Waals surface area contributed by atoms with E-state index in [-0.39, 0.29) is 5.56 Å². The Labute approximate surface area is 126 Å². The molecule has 0 aliphatic heterocycles. The third-order valence-corrected chi connectivity index (χ3v) is 5.08. The van der Waals surface area contributed by atoms with E-state index in [1.54, 1.807) is 0 Å². The van der Waals surface area contributed by atoms with Crippen LogP contribution in [0.2, 0.25) is 0 Å².